The van der Waals surface area contributed by atoms with Crippen molar-refractivity contribution in [2.75, 3.05) is 23.7 Å². The lowest BCUT2D eigenvalue weighted by atomic mass is 9.86. The van der Waals surface area contributed by atoms with Crippen LogP contribution in [0.4, 0.5) is 11.4 Å². The maximum Gasteiger partial charge on any atom is 0.240 e. The maximum absolute atomic E-state index is 14.2. The molecule has 9 heteroatoms. The fourth-order valence-electron chi connectivity index (χ4n) is 6.08. The Morgan fingerprint density at radius 3 is 2.58 bits per heavy atom. The van der Waals surface area contributed by atoms with Gasteiger partial charge in [0.1, 0.15) is 11.8 Å². The molecule has 2 amide bonds. The smallest absolute Gasteiger partial charge is 0.240 e. The molecular weight excluding hydrogens is 552 g/mol. The van der Waals surface area contributed by atoms with Gasteiger partial charge in [-0.2, -0.15) is 0 Å². The van der Waals surface area contributed by atoms with Crippen LogP contribution in [-0.2, 0) is 9.59 Å². The van der Waals surface area contributed by atoms with Gasteiger partial charge in [0.2, 0.25) is 18.6 Å². The summed E-state index contributed by atoms with van der Waals surface area (Å²) < 4.78 is 16.8. The highest BCUT2D eigenvalue weighted by Gasteiger charge is 2.64. The lowest BCUT2D eigenvalue weighted by Gasteiger charge is -2.36. The number of ketones is 1. The lowest BCUT2D eigenvalue weighted by Crippen LogP contribution is -2.48. The first-order valence-electron chi connectivity index (χ1n) is 12.2. The number of fused-ring (bicyclic) bond motifs is 6. The van der Waals surface area contributed by atoms with E-state index >= 15 is 0 Å². The number of nitrogens with zero attached hydrogens (tertiary/aromatic N) is 2. The minimum absolute atomic E-state index is 0.0845. The van der Waals surface area contributed by atoms with Crippen molar-refractivity contribution in [3.05, 3.63) is 82.3 Å². The second-order valence-corrected chi connectivity index (χ2v) is 10.4. The molecule has 0 N–H and O–H groups in total. The van der Waals surface area contributed by atoms with Crippen molar-refractivity contribution in [1.82, 2.24) is 0 Å². The van der Waals surface area contributed by atoms with Crippen molar-refractivity contribution in [3.8, 4) is 17.2 Å². The standard InChI is InChI=1S/C29H21BrN2O6/c1-36-21-10-7-16(12-18(21)30)27(33)26-25-24(20-9-6-15-4-2-3-5-19(15)32(20)26)28(34)31(29(25)35)17-8-11-22-23(13-17)38-14-37-22/h2-13,20,24-26H,14H2,1H3/t20-,24+,25+,26-/m0/s1. The van der Waals surface area contributed by atoms with E-state index in [0.29, 0.717) is 33.0 Å². The van der Waals surface area contributed by atoms with Crippen molar-refractivity contribution in [2.24, 2.45) is 11.8 Å². The first-order valence-corrected chi connectivity index (χ1v) is 13.0. The van der Waals surface area contributed by atoms with Gasteiger partial charge in [-0.3, -0.25) is 14.4 Å². The van der Waals surface area contributed by atoms with E-state index in [0.717, 1.165) is 11.3 Å². The molecule has 0 unspecified atom stereocenters. The normalized spacial score (nSPS) is 24.4. The molecule has 8 nitrogen and oxygen atoms in total. The van der Waals surface area contributed by atoms with E-state index in [1.165, 1.54) is 4.90 Å². The van der Waals surface area contributed by atoms with Gasteiger partial charge in [0, 0.05) is 17.3 Å². The molecule has 4 heterocycles. The number of hydrogen-bond donors (Lipinski definition) is 0. The fraction of sp³-hybridized carbons (Fsp3) is 0.207. The summed E-state index contributed by atoms with van der Waals surface area (Å²) in [6.45, 7) is 0.0845. The first kappa shape index (κ1) is 23.0. The lowest BCUT2D eigenvalue weighted by molar-refractivity contribution is -0.122. The molecule has 0 aliphatic carbocycles. The topological polar surface area (TPSA) is 85.4 Å². The van der Waals surface area contributed by atoms with Crippen molar-refractivity contribution in [3.63, 3.8) is 0 Å². The maximum atomic E-state index is 14.2. The molecular formula is C29H21BrN2O6. The molecule has 3 aromatic carbocycles. The fourth-order valence-corrected chi connectivity index (χ4v) is 6.62. The molecule has 190 valence electrons. The molecule has 38 heavy (non-hydrogen) atoms. The van der Waals surface area contributed by atoms with Crippen LogP contribution < -0.4 is 24.0 Å². The minimum atomic E-state index is -0.869. The van der Waals surface area contributed by atoms with E-state index in [2.05, 4.69) is 15.9 Å². The number of ether oxygens (including phenoxy) is 3. The van der Waals surface area contributed by atoms with Crippen LogP contribution in [0.1, 0.15) is 15.9 Å². The largest absolute Gasteiger partial charge is 0.496 e. The molecule has 4 atom stereocenters. The molecule has 7 rings (SSSR count). The Morgan fingerprint density at radius 1 is 0.974 bits per heavy atom. The van der Waals surface area contributed by atoms with Gasteiger partial charge in [-0.25, -0.2) is 4.90 Å². The van der Waals surface area contributed by atoms with Crippen LogP contribution in [0.15, 0.2) is 71.2 Å². The summed E-state index contributed by atoms with van der Waals surface area (Å²) in [6.07, 6.45) is 3.90. The van der Waals surface area contributed by atoms with E-state index in [-0.39, 0.29) is 18.5 Å². The molecule has 3 aromatic rings. The molecule has 0 bridgehead atoms. The highest BCUT2D eigenvalue weighted by atomic mass is 79.9. The number of methoxy groups -OCH3 is 1. The van der Waals surface area contributed by atoms with E-state index in [1.807, 2.05) is 41.3 Å². The van der Waals surface area contributed by atoms with Crippen LogP contribution in [0.25, 0.3) is 6.08 Å². The molecule has 2 saturated heterocycles. The number of imide groups is 1. The third-order valence-corrected chi connectivity index (χ3v) is 8.35. The van der Waals surface area contributed by atoms with Crippen LogP contribution in [-0.4, -0.2) is 43.6 Å². The van der Waals surface area contributed by atoms with Crippen molar-refractivity contribution >= 4 is 51.0 Å². The summed E-state index contributed by atoms with van der Waals surface area (Å²) in [5.74, 6) is -0.904. The predicted octanol–water partition coefficient (Wildman–Crippen LogP) is 4.46. The molecule has 0 radical (unpaired) electrons. The molecule has 0 saturated carbocycles. The van der Waals surface area contributed by atoms with Gasteiger partial charge in [-0.05, 0) is 57.9 Å². The zero-order valence-electron chi connectivity index (χ0n) is 20.2. The van der Waals surface area contributed by atoms with Gasteiger partial charge >= 0.3 is 0 Å². The number of anilines is 2. The van der Waals surface area contributed by atoms with E-state index in [1.54, 1.807) is 43.5 Å². The second-order valence-electron chi connectivity index (χ2n) is 9.58. The minimum Gasteiger partial charge on any atom is -0.496 e. The molecule has 4 aliphatic heterocycles. The summed E-state index contributed by atoms with van der Waals surface area (Å²) in [5, 5.41) is 0. The Bertz CT molecular complexity index is 1570. The number of carbonyl (C=O) groups excluding carboxylic acids is 3. The van der Waals surface area contributed by atoms with Crippen molar-refractivity contribution in [2.45, 2.75) is 12.1 Å². The first-order chi connectivity index (χ1) is 18.5. The number of carbonyl (C=O) groups is 3. The number of benzene rings is 3. The Kier molecular flexibility index (Phi) is 5.13. The van der Waals surface area contributed by atoms with Gasteiger partial charge in [0.25, 0.3) is 0 Å². The van der Waals surface area contributed by atoms with Crippen LogP contribution in [0, 0.1) is 11.8 Å². The Morgan fingerprint density at radius 2 is 1.76 bits per heavy atom. The predicted molar refractivity (Wildman–Crippen MR) is 143 cm³/mol. The van der Waals surface area contributed by atoms with Gasteiger partial charge in [0.15, 0.2) is 17.3 Å². The highest BCUT2D eigenvalue weighted by molar-refractivity contribution is 9.10. The number of Topliss-reactive ketones (excluding diaryl/α,β-unsaturated/α-hetero) is 1. The van der Waals surface area contributed by atoms with Gasteiger partial charge in [0.05, 0.1) is 35.1 Å². The van der Waals surface area contributed by atoms with E-state index in [9.17, 15) is 14.4 Å². The molecule has 0 spiro atoms. The highest BCUT2D eigenvalue weighted by Crippen LogP contribution is 2.50. The number of amides is 2. The third-order valence-electron chi connectivity index (χ3n) is 7.73. The Hall–Kier alpha value is -4.11. The average molecular weight is 573 g/mol. The Balaban J connectivity index is 1.35. The van der Waals surface area contributed by atoms with Gasteiger partial charge in [-0.1, -0.05) is 30.4 Å². The van der Waals surface area contributed by atoms with Crippen LogP contribution in [0.2, 0.25) is 0 Å². The van der Waals surface area contributed by atoms with Gasteiger partial charge in [-0.15, -0.1) is 0 Å². The Labute approximate surface area is 226 Å². The summed E-state index contributed by atoms with van der Waals surface area (Å²) >= 11 is 3.47. The number of halogens is 1. The van der Waals surface area contributed by atoms with Crippen LogP contribution in [0.5, 0.6) is 17.2 Å². The SMILES string of the molecule is COc1ccc(C(=O)[C@@H]2[C@@H]3C(=O)N(c4ccc5c(c4)OCO5)C(=O)[C@@H]3[C@@H]3C=Cc4ccccc4N23)cc1Br. The third kappa shape index (κ3) is 3.18. The molecule has 4 aliphatic rings. The van der Waals surface area contributed by atoms with E-state index in [4.69, 9.17) is 14.2 Å². The number of hydrogen-bond acceptors (Lipinski definition) is 7. The van der Waals surface area contributed by atoms with Gasteiger partial charge < -0.3 is 19.1 Å². The zero-order valence-corrected chi connectivity index (χ0v) is 21.8. The average Bonchev–Trinajstić information content (AvgIpc) is 3.61. The van der Waals surface area contributed by atoms with Crippen molar-refractivity contribution in [1.29, 1.82) is 0 Å². The van der Waals surface area contributed by atoms with Crippen molar-refractivity contribution < 1.29 is 28.6 Å². The number of rotatable bonds is 4. The summed E-state index contributed by atoms with van der Waals surface area (Å²) in [4.78, 5) is 45.4. The van der Waals surface area contributed by atoms with Crippen LogP contribution in [0.3, 0.4) is 0 Å². The van der Waals surface area contributed by atoms with E-state index < -0.39 is 29.8 Å². The summed E-state index contributed by atoms with van der Waals surface area (Å²) in [5.41, 5.74) is 2.60. The monoisotopic (exact) mass is 572 g/mol. The second kappa shape index (κ2) is 8.46. The number of para-hydroxylation sites is 1. The van der Waals surface area contributed by atoms with Crippen LogP contribution >= 0.6 is 15.9 Å². The molecule has 2 fully saturated rings. The summed E-state index contributed by atoms with van der Waals surface area (Å²) in [6, 6.07) is 16.5. The quantitative estimate of drug-likeness (QED) is 0.337. The molecule has 0 aromatic heterocycles. The zero-order chi connectivity index (χ0) is 26.1. The summed E-state index contributed by atoms with van der Waals surface area (Å²) in [7, 11) is 1.55.